The number of carbonyl (C=O) groups is 2. The predicted octanol–water partition coefficient (Wildman–Crippen LogP) is 9.08. The molecule has 4 aliphatic carbocycles. The van der Waals surface area contributed by atoms with Crippen molar-refractivity contribution in [2.45, 2.75) is 110 Å². The van der Waals surface area contributed by atoms with Crippen LogP contribution in [0.25, 0.3) is 32.4 Å². The number of nitrogens with zero attached hydrogens (tertiary/aromatic N) is 6. The van der Waals surface area contributed by atoms with Gasteiger partial charge in [0.1, 0.15) is 12.6 Å². The third-order valence-electron chi connectivity index (χ3n) is 16.2. The van der Waals surface area contributed by atoms with Gasteiger partial charge in [0.2, 0.25) is 11.4 Å². The summed E-state index contributed by atoms with van der Waals surface area (Å²) in [7, 11) is 0. The first-order valence-electron chi connectivity index (χ1n) is 23.3. The van der Waals surface area contributed by atoms with E-state index >= 15 is 0 Å². The number of H-pyrrole nitrogens is 1. The van der Waals surface area contributed by atoms with Gasteiger partial charge >= 0.3 is 11.7 Å². The summed E-state index contributed by atoms with van der Waals surface area (Å²) in [6.07, 6.45) is 13.9. The van der Waals surface area contributed by atoms with E-state index in [1.165, 1.54) is 44.6 Å². The lowest BCUT2D eigenvalue weighted by molar-refractivity contribution is -0.383. The van der Waals surface area contributed by atoms with Crippen LogP contribution in [0, 0.1) is 56.5 Å². The number of hydrogen-bond acceptors (Lipinski definition) is 12. The van der Waals surface area contributed by atoms with Crippen molar-refractivity contribution in [3.05, 3.63) is 68.7 Å². The minimum absolute atomic E-state index is 0.0336. The Balaban J connectivity index is 0.852. The number of nitrogens with one attached hydrogen (secondary N) is 3. The molecule has 10 atom stereocenters. The first-order chi connectivity index (χ1) is 31.0. The minimum Gasteiger partial charge on any atom is -0.463 e. The normalized spacial score (nSPS) is 28.3. The van der Waals surface area contributed by atoms with Gasteiger partial charge in [0, 0.05) is 53.5 Å². The molecule has 17 nitrogen and oxygen atoms in total. The third kappa shape index (κ3) is 9.43. The number of amides is 1. The van der Waals surface area contributed by atoms with Gasteiger partial charge in [0.05, 0.1) is 37.0 Å². The van der Waals surface area contributed by atoms with Gasteiger partial charge in [-0.2, -0.15) is 0 Å². The predicted molar refractivity (Wildman–Crippen MR) is 240 cm³/mol. The van der Waals surface area contributed by atoms with E-state index in [-0.39, 0.29) is 52.1 Å². The number of nitro benzene ring substituents is 1. The van der Waals surface area contributed by atoms with Gasteiger partial charge in [0.15, 0.2) is 5.52 Å². The molecule has 5 unspecified atom stereocenters. The topological polar surface area (TPSA) is 232 Å². The summed E-state index contributed by atoms with van der Waals surface area (Å²) in [5.74, 6) is 3.37. The molecule has 0 saturated heterocycles. The first-order valence-corrected chi connectivity index (χ1v) is 23.3. The summed E-state index contributed by atoms with van der Waals surface area (Å²) >= 11 is 0. The van der Waals surface area contributed by atoms with Gasteiger partial charge < -0.3 is 29.8 Å². The number of para-hydroxylation sites is 1. The molecule has 17 heteroatoms. The highest BCUT2D eigenvalue weighted by atomic mass is 16.6. The molecule has 64 heavy (non-hydrogen) atoms. The van der Waals surface area contributed by atoms with Gasteiger partial charge in [-0.05, 0) is 144 Å². The Morgan fingerprint density at radius 2 is 1.75 bits per heavy atom. The molecule has 2 aromatic heterocycles. The fourth-order valence-corrected chi connectivity index (χ4v) is 13.0. The number of anilines is 1. The van der Waals surface area contributed by atoms with Crippen LogP contribution in [0.3, 0.4) is 0 Å². The van der Waals surface area contributed by atoms with E-state index in [1.54, 1.807) is 6.07 Å². The van der Waals surface area contributed by atoms with Gasteiger partial charge in [-0.25, -0.2) is 4.63 Å². The quantitative estimate of drug-likeness (QED) is 0.0144. The lowest BCUT2D eigenvalue weighted by Gasteiger charge is -2.61. The lowest BCUT2D eigenvalue weighted by Crippen LogP contribution is -2.56. The second-order valence-electron chi connectivity index (χ2n) is 19.4. The molecule has 8 rings (SSSR count). The standard InChI is InChI=1S/C47H63N9O8/c1-29(8-15-42(57)63-25-24-62-23-22-61-21-20-50-55-48)35-11-12-36-34-10-9-31-27-32(16-18-46(31,2)37(34)17-19-47(35,36)3)51-45(58)40(26-30-28-49-38-7-5-4-6-33(30)38)52-39-13-14-41(56(59)60)44-43(39)53-64-54-44/h4-7,13-14,28-29,31-32,34-37,40,49,52H,8-12,15-27H2,1-3H3,(H,51,58)/t29-,31-,32-,34?,35?,36?,37?,40?,46+,47-/m1/s1. The molecule has 344 valence electrons. The Bertz CT molecular complexity index is 2330. The average Bonchev–Trinajstić information content (AvgIpc) is 4.04. The van der Waals surface area contributed by atoms with Gasteiger partial charge in [-0.1, -0.05) is 44.1 Å². The summed E-state index contributed by atoms with van der Waals surface area (Å²) in [5.41, 5.74) is 11.3. The van der Waals surface area contributed by atoms with E-state index in [4.69, 9.17) is 24.4 Å². The van der Waals surface area contributed by atoms with Crippen molar-refractivity contribution in [1.29, 1.82) is 0 Å². The highest BCUT2D eigenvalue weighted by Gasteiger charge is 2.60. The highest BCUT2D eigenvalue weighted by Crippen LogP contribution is 2.68. The lowest BCUT2D eigenvalue weighted by atomic mass is 9.44. The molecule has 2 heterocycles. The van der Waals surface area contributed by atoms with Crippen LogP contribution in [0.1, 0.15) is 97.0 Å². The molecular formula is C47H63N9O8. The first kappa shape index (κ1) is 45.3. The molecule has 4 aliphatic rings. The van der Waals surface area contributed by atoms with E-state index in [1.807, 2.05) is 30.5 Å². The number of fused-ring (bicyclic) bond motifs is 7. The maximum Gasteiger partial charge on any atom is 0.305 e. The van der Waals surface area contributed by atoms with E-state index in [2.05, 4.69) is 56.7 Å². The second-order valence-corrected chi connectivity index (χ2v) is 19.4. The minimum atomic E-state index is -0.691. The Kier molecular flexibility index (Phi) is 14.1. The molecule has 2 aromatic carbocycles. The summed E-state index contributed by atoms with van der Waals surface area (Å²) in [4.78, 5) is 44.3. The fourth-order valence-electron chi connectivity index (χ4n) is 13.0. The number of nitro groups is 1. The molecule has 0 spiro atoms. The zero-order valence-corrected chi connectivity index (χ0v) is 37.3. The molecule has 4 saturated carbocycles. The number of benzene rings is 2. The molecular weight excluding hydrogens is 819 g/mol. The van der Waals surface area contributed by atoms with E-state index in [9.17, 15) is 19.7 Å². The third-order valence-corrected chi connectivity index (χ3v) is 16.2. The van der Waals surface area contributed by atoms with Crippen LogP contribution in [0.4, 0.5) is 11.4 Å². The van der Waals surface area contributed by atoms with Gasteiger partial charge in [0.25, 0.3) is 0 Å². The van der Waals surface area contributed by atoms with Gasteiger partial charge in [-0.15, -0.1) is 0 Å². The van der Waals surface area contributed by atoms with Crippen molar-refractivity contribution in [3.8, 4) is 0 Å². The van der Waals surface area contributed by atoms with Crippen molar-refractivity contribution in [2.75, 3.05) is 44.9 Å². The number of ether oxygens (including phenoxy) is 3. The number of aromatic nitrogens is 3. The van der Waals surface area contributed by atoms with E-state index < -0.39 is 11.0 Å². The van der Waals surface area contributed by atoms with Gasteiger partial charge in [-0.3, -0.25) is 19.7 Å². The number of carbonyl (C=O) groups excluding carboxylic acids is 2. The Morgan fingerprint density at radius 3 is 2.58 bits per heavy atom. The van der Waals surface area contributed by atoms with E-state index in [0.717, 1.165) is 42.1 Å². The molecule has 1 amide bonds. The summed E-state index contributed by atoms with van der Waals surface area (Å²) in [6, 6.07) is 10.3. The van der Waals surface area contributed by atoms with Crippen molar-refractivity contribution in [3.63, 3.8) is 0 Å². The number of rotatable bonds is 20. The smallest absolute Gasteiger partial charge is 0.305 e. The van der Waals surface area contributed by atoms with Crippen LogP contribution < -0.4 is 10.6 Å². The summed E-state index contributed by atoms with van der Waals surface area (Å²) < 4.78 is 21.2. The maximum absolute atomic E-state index is 14.5. The molecule has 3 N–H and O–H groups in total. The maximum atomic E-state index is 14.5. The molecule has 0 aliphatic heterocycles. The number of aromatic amines is 1. The van der Waals surface area contributed by atoms with Crippen molar-refractivity contribution in [2.24, 2.45) is 51.5 Å². The SMILES string of the molecule is C[C@H](CCC(=O)OCCOCCOCCN=[N+]=[N-])C1CCC2C3CC[C@@H]4C[C@H](NC(=O)C(Cc5c[nH]c6ccccc56)Nc5ccc([N+](=O)[O-])c6nonc56)CC[C@]4(C)C3CC[C@@]21C. The van der Waals surface area contributed by atoms with Crippen LogP contribution in [0.2, 0.25) is 0 Å². The van der Waals surface area contributed by atoms with Crippen LogP contribution in [-0.2, 0) is 30.2 Å². The fraction of sp³-hybridized carbons (Fsp3) is 0.660. The largest absolute Gasteiger partial charge is 0.463 e. The zero-order valence-electron chi connectivity index (χ0n) is 37.3. The molecule has 4 aromatic rings. The molecule has 0 bridgehead atoms. The molecule has 4 fully saturated rings. The van der Waals surface area contributed by atoms with Crippen molar-refractivity contribution >= 4 is 45.2 Å². The van der Waals surface area contributed by atoms with Crippen LogP contribution in [0.5, 0.6) is 0 Å². The van der Waals surface area contributed by atoms with Crippen LogP contribution >= 0.6 is 0 Å². The van der Waals surface area contributed by atoms with Crippen LogP contribution in [-0.4, -0.2) is 83.8 Å². The van der Waals surface area contributed by atoms with Crippen LogP contribution in [0.15, 0.2) is 52.3 Å². The summed E-state index contributed by atoms with van der Waals surface area (Å²) in [6.45, 7) is 9.43. The number of hydrogen-bond donors (Lipinski definition) is 3. The Hall–Kier alpha value is -5.25. The average molecular weight is 882 g/mol. The monoisotopic (exact) mass is 881 g/mol. The van der Waals surface area contributed by atoms with E-state index in [0.29, 0.717) is 87.0 Å². The Labute approximate surface area is 373 Å². The molecule has 0 radical (unpaired) electrons. The zero-order chi connectivity index (χ0) is 44.8. The summed E-state index contributed by atoms with van der Waals surface area (Å²) in [5, 5.41) is 30.8. The number of azide groups is 1. The van der Waals surface area contributed by atoms with Crippen molar-refractivity contribution < 1.29 is 33.4 Å². The second kappa shape index (κ2) is 19.9. The van der Waals surface area contributed by atoms with Crippen molar-refractivity contribution in [1.82, 2.24) is 20.6 Å². The number of non-ortho nitro benzene ring substituents is 1. The highest BCUT2D eigenvalue weighted by molar-refractivity contribution is 5.96. The number of esters is 1. The Morgan fingerprint density at radius 1 is 0.984 bits per heavy atom.